The number of anilines is 3. The minimum atomic E-state index is 0. The Hall–Kier alpha value is -3.81. The van der Waals surface area contributed by atoms with E-state index in [1.807, 2.05) is 42.7 Å². The summed E-state index contributed by atoms with van der Waals surface area (Å²) in [5.41, 5.74) is 6.61. The molecule has 7 rings (SSSR count). The van der Waals surface area contributed by atoms with E-state index < -0.39 is 0 Å². The molecule has 0 aliphatic carbocycles. The molecule has 0 aliphatic heterocycles. The molecular formula is C34H21N3PtSe. The van der Waals surface area contributed by atoms with E-state index in [1.54, 1.807) is 0 Å². The number of hydrogen-bond acceptors (Lipinski definition) is 3. The molecule has 0 bridgehead atoms. The van der Waals surface area contributed by atoms with Gasteiger partial charge in [-0.25, -0.2) is 0 Å². The van der Waals surface area contributed by atoms with Crippen LogP contribution in [0.15, 0.2) is 128 Å². The summed E-state index contributed by atoms with van der Waals surface area (Å²) in [5.74, 6) is 0. The van der Waals surface area contributed by atoms with E-state index in [0.717, 1.165) is 39.6 Å². The van der Waals surface area contributed by atoms with Gasteiger partial charge in [0.15, 0.2) is 0 Å². The Labute approximate surface area is 247 Å². The Balaban J connectivity index is 0.00000277. The van der Waals surface area contributed by atoms with Crippen LogP contribution < -0.4 is 4.90 Å². The Bertz CT molecular complexity index is 1880. The van der Waals surface area contributed by atoms with Crippen LogP contribution in [0, 0.1) is 12.1 Å². The molecule has 7 aromatic rings. The molecule has 0 aliphatic rings. The quantitative estimate of drug-likeness (QED) is 0.131. The zero-order valence-electron chi connectivity index (χ0n) is 20.7. The van der Waals surface area contributed by atoms with Crippen molar-refractivity contribution in [3.63, 3.8) is 0 Å². The molecule has 3 heterocycles. The van der Waals surface area contributed by atoms with Crippen LogP contribution in [0.4, 0.5) is 17.1 Å². The van der Waals surface area contributed by atoms with Crippen molar-refractivity contribution in [2.75, 3.05) is 4.90 Å². The predicted molar refractivity (Wildman–Crippen MR) is 157 cm³/mol. The number of pyridine rings is 2. The molecule has 0 spiro atoms. The molecule has 0 unspecified atom stereocenters. The van der Waals surface area contributed by atoms with E-state index >= 15 is 0 Å². The molecule has 5 heteroatoms. The van der Waals surface area contributed by atoms with Gasteiger partial charge in [0.2, 0.25) is 0 Å². The fourth-order valence-corrected chi connectivity index (χ4v) is 6.97. The number of para-hydroxylation sites is 1. The number of hydrogen-bond donors (Lipinski definition) is 0. The van der Waals surface area contributed by atoms with Crippen LogP contribution in [-0.2, 0) is 21.1 Å². The number of aromatic nitrogens is 2. The topological polar surface area (TPSA) is 29.0 Å². The van der Waals surface area contributed by atoms with E-state index in [9.17, 15) is 0 Å². The van der Waals surface area contributed by atoms with Gasteiger partial charge in [-0.1, -0.05) is 12.1 Å². The number of fused-ring (bicyclic) bond motifs is 3. The van der Waals surface area contributed by atoms with Crippen molar-refractivity contribution in [2.45, 2.75) is 0 Å². The number of nitrogens with zero attached hydrogens (tertiary/aromatic N) is 3. The van der Waals surface area contributed by atoms with E-state index in [4.69, 9.17) is 4.98 Å². The first kappa shape index (κ1) is 25.5. The van der Waals surface area contributed by atoms with Gasteiger partial charge < -0.3 is 4.98 Å². The SMILES string of the molecule is [Pt+2].[c-]1c(-c2ccccn2)cccc1N(c1[c-]c(-c2cc3c(cn2)[se]c2ccccc23)ccc1)c1ccccc1. The first-order valence-corrected chi connectivity index (χ1v) is 14.1. The first-order valence-electron chi connectivity index (χ1n) is 12.4. The Morgan fingerprint density at radius 3 is 2.00 bits per heavy atom. The summed E-state index contributed by atoms with van der Waals surface area (Å²) in [7, 11) is 0. The van der Waals surface area contributed by atoms with Crippen molar-refractivity contribution < 1.29 is 21.1 Å². The van der Waals surface area contributed by atoms with Gasteiger partial charge in [0.25, 0.3) is 0 Å². The van der Waals surface area contributed by atoms with Crippen LogP contribution >= 0.6 is 0 Å². The molecule has 39 heavy (non-hydrogen) atoms. The van der Waals surface area contributed by atoms with Crippen molar-refractivity contribution in [1.82, 2.24) is 9.97 Å². The molecule has 0 saturated heterocycles. The van der Waals surface area contributed by atoms with Gasteiger partial charge in [-0.05, 0) is 6.07 Å². The molecule has 3 aromatic heterocycles. The monoisotopic (exact) mass is 746 g/mol. The summed E-state index contributed by atoms with van der Waals surface area (Å²) >= 11 is 0.307. The van der Waals surface area contributed by atoms with Crippen molar-refractivity contribution in [2.24, 2.45) is 0 Å². The summed E-state index contributed by atoms with van der Waals surface area (Å²) in [5, 5.41) is 2.62. The summed E-state index contributed by atoms with van der Waals surface area (Å²) in [6, 6.07) is 46.9. The minimum absolute atomic E-state index is 0. The Kier molecular flexibility index (Phi) is 7.26. The summed E-state index contributed by atoms with van der Waals surface area (Å²) in [4.78, 5) is 11.6. The van der Waals surface area contributed by atoms with E-state index in [-0.39, 0.29) is 21.1 Å². The molecule has 0 atom stereocenters. The molecule has 4 aromatic carbocycles. The predicted octanol–water partition coefficient (Wildman–Crippen LogP) is 8.24. The molecule has 0 amide bonds. The molecule has 0 N–H and O–H groups in total. The number of rotatable bonds is 5. The van der Waals surface area contributed by atoms with Crippen LogP contribution in [0.1, 0.15) is 0 Å². The summed E-state index contributed by atoms with van der Waals surface area (Å²) in [6.07, 6.45) is 3.86. The van der Waals surface area contributed by atoms with E-state index in [1.165, 1.54) is 19.3 Å². The van der Waals surface area contributed by atoms with E-state index in [0.29, 0.717) is 14.5 Å². The van der Waals surface area contributed by atoms with Gasteiger partial charge in [-0.3, -0.25) is 0 Å². The third-order valence-corrected chi connectivity index (χ3v) is 8.89. The van der Waals surface area contributed by atoms with Gasteiger partial charge >= 0.3 is 220 Å². The molecule has 0 saturated carbocycles. The van der Waals surface area contributed by atoms with Crippen LogP contribution in [0.2, 0.25) is 0 Å². The fraction of sp³-hybridized carbons (Fsp3) is 0. The van der Waals surface area contributed by atoms with E-state index in [2.05, 4.69) is 107 Å². The second-order valence-corrected chi connectivity index (χ2v) is 11.2. The van der Waals surface area contributed by atoms with Crippen molar-refractivity contribution >= 4 is 50.9 Å². The zero-order chi connectivity index (χ0) is 25.3. The Morgan fingerprint density at radius 1 is 0.564 bits per heavy atom. The molecule has 188 valence electrons. The van der Waals surface area contributed by atoms with Crippen LogP contribution in [0.5, 0.6) is 0 Å². The average molecular weight is 746 g/mol. The average Bonchev–Trinajstić information content (AvgIpc) is 3.37. The summed E-state index contributed by atoms with van der Waals surface area (Å²) < 4.78 is 2.76. The normalized spacial score (nSPS) is 10.9. The van der Waals surface area contributed by atoms with Gasteiger partial charge in [0, 0.05) is 6.20 Å². The molecule has 3 nitrogen and oxygen atoms in total. The molecular weight excluding hydrogens is 724 g/mol. The second kappa shape index (κ2) is 11.1. The maximum atomic E-state index is 4.85. The Morgan fingerprint density at radius 2 is 1.26 bits per heavy atom. The first-order chi connectivity index (χ1) is 18.8. The van der Waals surface area contributed by atoms with Crippen LogP contribution in [0.25, 0.3) is 41.8 Å². The fourth-order valence-electron chi connectivity index (χ4n) is 4.76. The standard InChI is InChI=1S/C34H21N3Se.Pt/c1-2-12-26(13-3-1)37(27-14-8-10-24(20-27)31-17-6-7-19-35-31)28-15-9-11-25(21-28)32-22-30-29-16-4-5-18-33(29)38-34(30)23-36-32;/h1-19,22-23H;/q-2;+2. The molecule has 0 radical (unpaired) electrons. The van der Waals surface area contributed by atoms with Gasteiger partial charge in [-0.2, -0.15) is 0 Å². The van der Waals surface area contributed by atoms with Crippen molar-refractivity contribution in [3.8, 4) is 22.5 Å². The second-order valence-electron chi connectivity index (χ2n) is 8.95. The van der Waals surface area contributed by atoms with Gasteiger partial charge in [0.1, 0.15) is 0 Å². The van der Waals surface area contributed by atoms with Crippen LogP contribution in [-0.4, -0.2) is 24.5 Å². The third kappa shape index (κ3) is 5.00. The van der Waals surface area contributed by atoms with Crippen molar-refractivity contribution in [3.05, 3.63) is 140 Å². The summed E-state index contributed by atoms with van der Waals surface area (Å²) in [6.45, 7) is 0. The van der Waals surface area contributed by atoms with Gasteiger partial charge in [0.05, 0.1) is 0 Å². The maximum absolute atomic E-state index is 4.85. The zero-order valence-corrected chi connectivity index (χ0v) is 24.7. The van der Waals surface area contributed by atoms with Crippen LogP contribution in [0.3, 0.4) is 0 Å². The van der Waals surface area contributed by atoms with Crippen molar-refractivity contribution in [1.29, 1.82) is 0 Å². The molecule has 0 fully saturated rings. The third-order valence-electron chi connectivity index (χ3n) is 6.54. The van der Waals surface area contributed by atoms with Gasteiger partial charge in [-0.15, -0.1) is 0 Å². The number of benzene rings is 4.